The normalized spacial score (nSPS) is 18.8. The molecule has 6 nitrogen and oxygen atoms in total. The third-order valence-corrected chi connectivity index (χ3v) is 7.84. The van der Waals surface area contributed by atoms with Gasteiger partial charge in [0.2, 0.25) is 5.82 Å². The van der Waals surface area contributed by atoms with Gasteiger partial charge in [-0.2, -0.15) is 13.2 Å². The van der Waals surface area contributed by atoms with E-state index in [4.69, 9.17) is 0 Å². The van der Waals surface area contributed by atoms with Crippen LogP contribution in [0, 0.1) is 0 Å². The van der Waals surface area contributed by atoms with Gasteiger partial charge in [-0.05, 0) is 49.4 Å². The highest BCUT2D eigenvalue weighted by atomic mass is 19.4. The SMILES string of the molecule is CC(C[C@H]1CC(n2c(C(F)(F)F)nc3ccccc32)CCN1C(=O)O)N(Cc1ccccc1)Cc1ccccc1. The van der Waals surface area contributed by atoms with Crippen molar-refractivity contribution in [2.75, 3.05) is 6.54 Å². The van der Waals surface area contributed by atoms with Crippen LogP contribution >= 0.6 is 0 Å². The molecule has 1 fully saturated rings. The molecule has 2 unspecified atom stereocenters. The fraction of sp³-hybridized carbons (Fsp3) is 0.355. The lowest BCUT2D eigenvalue weighted by molar-refractivity contribution is -0.148. The maximum absolute atomic E-state index is 14.1. The highest BCUT2D eigenvalue weighted by Gasteiger charge is 2.42. The third kappa shape index (κ3) is 6.14. The molecule has 0 aliphatic carbocycles. The van der Waals surface area contributed by atoms with E-state index in [1.807, 2.05) is 36.4 Å². The van der Waals surface area contributed by atoms with Gasteiger partial charge in [0.15, 0.2) is 0 Å². The first-order valence-electron chi connectivity index (χ1n) is 13.6. The fourth-order valence-corrected chi connectivity index (χ4v) is 5.90. The Hall–Kier alpha value is -3.85. The molecule has 2 heterocycles. The number of amides is 1. The molecular formula is C31H33F3N4O2. The second-order valence-electron chi connectivity index (χ2n) is 10.6. The molecule has 40 heavy (non-hydrogen) atoms. The average molecular weight is 551 g/mol. The highest BCUT2D eigenvalue weighted by molar-refractivity contribution is 5.76. The predicted molar refractivity (Wildman–Crippen MR) is 148 cm³/mol. The summed E-state index contributed by atoms with van der Waals surface area (Å²) in [5, 5.41) is 10.0. The van der Waals surface area contributed by atoms with Gasteiger partial charge in [-0.25, -0.2) is 9.78 Å². The van der Waals surface area contributed by atoms with Gasteiger partial charge in [0.1, 0.15) is 0 Å². The van der Waals surface area contributed by atoms with Crippen molar-refractivity contribution < 1.29 is 23.1 Å². The molecule has 1 saturated heterocycles. The van der Waals surface area contributed by atoms with E-state index in [1.165, 1.54) is 9.47 Å². The molecule has 3 atom stereocenters. The number of carboxylic acid groups (broad SMARTS) is 1. The Balaban J connectivity index is 1.43. The number of imidazole rings is 1. The Morgan fingerprint density at radius 3 is 2.12 bits per heavy atom. The average Bonchev–Trinajstić information content (AvgIpc) is 3.34. The summed E-state index contributed by atoms with van der Waals surface area (Å²) in [6.45, 7) is 3.58. The van der Waals surface area contributed by atoms with Crippen molar-refractivity contribution in [1.29, 1.82) is 0 Å². The van der Waals surface area contributed by atoms with Crippen LogP contribution in [0.4, 0.5) is 18.0 Å². The summed E-state index contributed by atoms with van der Waals surface area (Å²) in [5.74, 6) is -0.927. The number of para-hydroxylation sites is 2. The molecule has 1 N–H and O–H groups in total. The van der Waals surface area contributed by atoms with E-state index >= 15 is 0 Å². The van der Waals surface area contributed by atoms with Crippen molar-refractivity contribution in [3.63, 3.8) is 0 Å². The van der Waals surface area contributed by atoms with Gasteiger partial charge in [-0.15, -0.1) is 0 Å². The first kappa shape index (κ1) is 27.7. The molecule has 4 aromatic rings. The smallest absolute Gasteiger partial charge is 0.449 e. The summed E-state index contributed by atoms with van der Waals surface area (Å²) in [4.78, 5) is 19.9. The number of carbonyl (C=O) groups is 1. The van der Waals surface area contributed by atoms with Crippen LogP contribution < -0.4 is 0 Å². The number of hydrogen-bond acceptors (Lipinski definition) is 3. The molecule has 3 aromatic carbocycles. The van der Waals surface area contributed by atoms with Crippen LogP contribution in [0.3, 0.4) is 0 Å². The van der Waals surface area contributed by atoms with E-state index in [2.05, 4.69) is 41.1 Å². The van der Waals surface area contributed by atoms with E-state index in [0.717, 1.165) is 11.1 Å². The van der Waals surface area contributed by atoms with E-state index in [0.29, 0.717) is 31.4 Å². The van der Waals surface area contributed by atoms with Crippen LogP contribution in [0.5, 0.6) is 0 Å². The van der Waals surface area contributed by atoms with Crippen molar-refractivity contribution in [3.8, 4) is 0 Å². The van der Waals surface area contributed by atoms with Gasteiger partial charge in [-0.3, -0.25) is 4.90 Å². The highest BCUT2D eigenvalue weighted by Crippen LogP contribution is 2.39. The van der Waals surface area contributed by atoms with Crippen molar-refractivity contribution >= 4 is 17.1 Å². The number of aromatic nitrogens is 2. The molecule has 210 valence electrons. The van der Waals surface area contributed by atoms with Crippen LogP contribution in [-0.4, -0.2) is 49.2 Å². The zero-order chi connectivity index (χ0) is 28.3. The van der Waals surface area contributed by atoms with Gasteiger partial charge in [-0.1, -0.05) is 72.8 Å². The second kappa shape index (κ2) is 11.7. The van der Waals surface area contributed by atoms with Crippen molar-refractivity contribution in [2.45, 2.75) is 63.6 Å². The third-order valence-electron chi connectivity index (χ3n) is 7.84. The van der Waals surface area contributed by atoms with Gasteiger partial charge in [0.25, 0.3) is 0 Å². The molecule has 0 bridgehead atoms. The zero-order valence-corrected chi connectivity index (χ0v) is 22.3. The molecule has 0 saturated carbocycles. The minimum Gasteiger partial charge on any atom is -0.465 e. The van der Waals surface area contributed by atoms with Gasteiger partial charge in [0, 0.05) is 37.8 Å². The number of likely N-dealkylation sites (tertiary alicyclic amines) is 1. The van der Waals surface area contributed by atoms with E-state index in [9.17, 15) is 23.1 Å². The van der Waals surface area contributed by atoms with Crippen molar-refractivity contribution in [1.82, 2.24) is 19.4 Å². The van der Waals surface area contributed by atoms with Gasteiger partial charge < -0.3 is 14.6 Å². The molecular weight excluding hydrogens is 517 g/mol. The van der Waals surface area contributed by atoms with Gasteiger partial charge >= 0.3 is 12.3 Å². The Bertz CT molecular complexity index is 1380. The molecule has 5 rings (SSSR count). The maximum atomic E-state index is 14.1. The topological polar surface area (TPSA) is 61.6 Å². The van der Waals surface area contributed by atoms with Crippen LogP contribution in [0.25, 0.3) is 11.0 Å². The number of nitrogens with zero attached hydrogens (tertiary/aromatic N) is 4. The van der Waals surface area contributed by atoms with Crippen molar-refractivity contribution in [3.05, 3.63) is 102 Å². The summed E-state index contributed by atoms with van der Waals surface area (Å²) >= 11 is 0. The fourth-order valence-electron chi connectivity index (χ4n) is 5.90. The number of benzene rings is 3. The quantitative estimate of drug-likeness (QED) is 0.252. The number of fused-ring (bicyclic) bond motifs is 1. The minimum atomic E-state index is -4.62. The minimum absolute atomic E-state index is 0.0346. The van der Waals surface area contributed by atoms with Gasteiger partial charge in [0.05, 0.1) is 11.0 Å². The van der Waals surface area contributed by atoms with Crippen LogP contribution in [0.1, 0.15) is 49.2 Å². The largest absolute Gasteiger partial charge is 0.465 e. The number of halogens is 3. The Kier molecular flexibility index (Phi) is 8.12. The Morgan fingerprint density at radius 1 is 0.975 bits per heavy atom. The van der Waals surface area contributed by atoms with Crippen LogP contribution in [0.15, 0.2) is 84.9 Å². The predicted octanol–water partition coefficient (Wildman–Crippen LogP) is 7.22. The molecule has 0 radical (unpaired) electrons. The number of rotatable bonds is 8. The monoisotopic (exact) mass is 550 g/mol. The van der Waals surface area contributed by atoms with Crippen LogP contribution in [0.2, 0.25) is 0 Å². The van der Waals surface area contributed by atoms with E-state index in [-0.39, 0.29) is 24.5 Å². The Labute approximate surface area is 231 Å². The lowest BCUT2D eigenvalue weighted by Gasteiger charge is -2.41. The summed E-state index contributed by atoms with van der Waals surface area (Å²) < 4.78 is 43.5. The summed E-state index contributed by atoms with van der Waals surface area (Å²) in [5.41, 5.74) is 2.99. The van der Waals surface area contributed by atoms with Crippen molar-refractivity contribution in [2.24, 2.45) is 0 Å². The Morgan fingerprint density at radius 2 is 1.55 bits per heavy atom. The molecule has 1 aliphatic rings. The lowest BCUT2D eigenvalue weighted by atomic mass is 9.91. The van der Waals surface area contributed by atoms with E-state index < -0.39 is 30.2 Å². The second-order valence-corrected chi connectivity index (χ2v) is 10.6. The number of hydrogen-bond donors (Lipinski definition) is 1. The summed E-state index contributed by atoms with van der Waals surface area (Å²) in [6.07, 6.45) is -4.59. The zero-order valence-electron chi connectivity index (χ0n) is 22.3. The summed E-state index contributed by atoms with van der Waals surface area (Å²) in [6, 6.07) is 25.8. The molecule has 1 aromatic heterocycles. The van der Waals surface area contributed by atoms with E-state index in [1.54, 1.807) is 24.3 Å². The first-order valence-corrected chi connectivity index (χ1v) is 13.6. The molecule has 1 amide bonds. The standard InChI is InChI=1S/C31H33F3N4O2/c1-22(36(20-23-10-4-2-5-11-23)21-24-12-6-3-7-13-24)18-26-19-25(16-17-37(26)30(39)40)38-28-15-9-8-14-27(28)35-29(38)31(32,33)34/h2-15,22,25-26H,16-21H2,1H3,(H,39,40)/t22?,25?,26-/m0/s1. The molecule has 9 heteroatoms. The molecule has 0 spiro atoms. The molecule has 1 aliphatic heterocycles. The summed E-state index contributed by atoms with van der Waals surface area (Å²) in [7, 11) is 0. The van der Waals surface area contributed by atoms with Crippen LogP contribution in [-0.2, 0) is 19.3 Å². The maximum Gasteiger partial charge on any atom is 0.449 e. The first-order chi connectivity index (χ1) is 19.2. The number of alkyl halides is 3. The lowest BCUT2D eigenvalue weighted by Crippen LogP contribution is -2.49. The number of piperidine rings is 1.